The quantitative estimate of drug-likeness (QED) is 0.371. The number of oxime groups is 1. The van der Waals surface area contributed by atoms with Crippen LogP contribution in [0.1, 0.15) is 36.0 Å². The Hall–Kier alpha value is -1.56. The van der Waals surface area contributed by atoms with E-state index in [0.717, 1.165) is 16.9 Å². The molecule has 3 N–H and O–H groups in total. The molecule has 0 unspecified atom stereocenters. The first kappa shape index (κ1) is 14.5. The molecule has 100 valence electrons. The van der Waals surface area contributed by atoms with Crippen LogP contribution in [0.2, 0.25) is 0 Å². The van der Waals surface area contributed by atoms with Crippen molar-refractivity contribution in [1.82, 2.24) is 4.90 Å². The fourth-order valence-corrected chi connectivity index (χ4v) is 2.58. The molecule has 0 radical (unpaired) electrons. The summed E-state index contributed by atoms with van der Waals surface area (Å²) in [6.07, 6.45) is 0.820. The van der Waals surface area contributed by atoms with Crippen LogP contribution >= 0.6 is 11.3 Å². The van der Waals surface area contributed by atoms with Crippen molar-refractivity contribution in [3.63, 3.8) is 0 Å². The smallest absolute Gasteiger partial charge is 0.264 e. The van der Waals surface area contributed by atoms with E-state index >= 15 is 0 Å². The Morgan fingerprint density at radius 1 is 1.61 bits per heavy atom. The zero-order chi connectivity index (χ0) is 13.7. The van der Waals surface area contributed by atoms with Gasteiger partial charge in [0.25, 0.3) is 5.91 Å². The van der Waals surface area contributed by atoms with Gasteiger partial charge in [-0.3, -0.25) is 4.79 Å². The fourth-order valence-electron chi connectivity index (χ4n) is 1.63. The van der Waals surface area contributed by atoms with Crippen LogP contribution in [-0.4, -0.2) is 34.4 Å². The Balaban J connectivity index is 2.96. The molecule has 0 spiro atoms. The monoisotopic (exact) mass is 269 g/mol. The van der Waals surface area contributed by atoms with Crippen LogP contribution in [-0.2, 0) is 6.42 Å². The SMILES string of the molecule is CCc1ccsc1C(=O)N(CC(N)=NO)C(C)C. The third kappa shape index (κ3) is 3.22. The lowest BCUT2D eigenvalue weighted by Crippen LogP contribution is -2.42. The van der Waals surface area contributed by atoms with Crippen molar-refractivity contribution in [3.8, 4) is 0 Å². The number of carbonyl (C=O) groups excluding carboxylic acids is 1. The second kappa shape index (κ2) is 6.39. The van der Waals surface area contributed by atoms with Crippen LogP contribution in [0, 0.1) is 0 Å². The van der Waals surface area contributed by atoms with Gasteiger partial charge < -0.3 is 15.8 Å². The van der Waals surface area contributed by atoms with E-state index in [9.17, 15) is 4.79 Å². The molecule has 0 saturated carbocycles. The summed E-state index contributed by atoms with van der Waals surface area (Å²) >= 11 is 1.43. The summed E-state index contributed by atoms with van der Waals surface area (Å²) in [7, 11) is 0. The number of hydrogen-bond acceptors (Lipinski definition) is 4. The van der Waals surface area contributed by atoms with Crippen LogP contribution in [0.15, 0.2) is 16.6 Å². The maximum Gasteiger partial charge on any atom is 0.264 e. The van der Waals surface area contributed by atoms with Gasteiger partial charge in [0.2, 0.25) is 0 Å². The van der Waals surface area contributed by atoms with Gasteiger partial charge in [0.05, 0.1) is 11.4 Å². The molecule has 6 heteroatoms. The highest BCUT2D eigenvalue weighted by atomic mass is 32.1. The van der Waals surface area contributed by atoms with Crippen molar-refractivity contribution >= 4 is 23.1 Å². The number of thiophene rings is 1. The van der Waals surface area contributed by atoms with Crippen LogP contribution in [0.25, 0.3) is 0 Å². The van der Waals surface area contributed by atoms with Crippen LogP contribution in [0.3, 0.4) is 0 Å². The van der Waals surface area contributed by atoms with Gasteiger partial charge in [0.15, 0.2) is 5.84 Å². The first-order valence-corrected chi connectivity index (χ1v) is 6.72. The van der Waals surface area contributed by atoms with Crippen molar-refractivity contribution in [2.75, 3.05) is 6.54 Å². The van der Waals surface area contributed by atoms with Crippen LogP contribution < -0.4 is 5.73 Å². The van der Waals surface area contributed by atoms with Gasteiger partial charge >= 0.3 is 0 Å². The molecule has 1 heterocycles. The number of nitrogens with zero attached hydrogens (tertiary/aromatic N) is 2. The van der Waals surface area contributed by atoms with Gasteiger partial charge in [-0.2, -0.15) is 0 Å². The van der Waals surface area contributed by atoms with Gasteiger partial charge in [-0.05, 0) is 37.3 Å². The maximum absolute atomic E-state index is 12.4. The molecule has 0 aliphatic heterocycles. The van der Waals surface area contributed by atoms with E-state index in [-0.39, 0.29) is 24.3 Å². The molecule has 0 bridgehead atoms. The van der Waals surface area contributed by atoms with Crippen molar-refractivity contribution in [1.29, 1.82) is 0 Å². The second-order valence-electron chi connectivity index (χ2n) is 4.25. The predicted molar refractivity (Wildman–Crippen MR) is 73.3 cm³/mol. The zero-order valence-corrected chi connectivity index (χ0v) is 11.7. The molecule has 0 aliphatic carbocycles. The lowest BCUT2D eigenvalue weighted by atomic mass is 10.2. The predicted octanol–water partition coefficient (Wildman–Crippen LogP) is 1.91. The van der Waals surface area contributed by atoms with E-state index in [0.29, 0.717) is 0 Å². The molecule has 1 aromatic heterocycles. The number of hydrogen-bond donors (Lipinski definition) is 2. The van der Waals surface area contributed by atoms with Crippen molar-refractivity contribution in [3.05, 3.63) is 21.9 Å². The third-order valence-electron chi connectivity index (χ3n) is 2.67. The van der Waals surface area contributed by atoms with Crippen LogP contribution in [0.5, 0.6) is 0 Å². The van der Waals surface area contributed by atoms with Crippen molar-refractivity contribution < 1.29 is 10.0 Å². The minimum atomic E-state index is -0.0662. The summed E-state index contributed by atoms with van der Waals surface area (Å²) in [5, 5.41) is 13.4. The summed E-state index contributed by atoms with van der Waals surface area (Å²) in [6, 6.07) is 1.95. The molecule has 0 aromatic carbocycles. The van der Waals surface area contributed by atoms with E-state index in [1.807, 2.05) is 32.2 Å². The van der Waals surface area contributed by atoms with Gasteiger partial charge in [-0.15, -0.1) is 11.3 Å². The minimum Gasteiger partial charge on any atom is -0.409 e. The summed E-state index contributed by atoms with van der Waals surface area (Å²) in [5.41, 5.74) is 6.52. The summed E-state index contributed by atoms with van der Waals surface area (Å²) < 4.78 is 0. The largest absolute Gasteiger partial charge is 0.409 e. The van der Waals surface area contributed by atoms with E-state index in [1.54, 1.807) is 4.90 Å². The topological polar surface area (TPSA) is 78.9 Å². The molecule has 5 nitrogen and oxygen atoms in total. The highest BCUT2D eigenvalue weighted by Gasteiger charge is 2.22. The Labute approximate surface area is 111 Å². The lowest BCUT2D eigenvalue weighted by Gasteiger charge is -2.26. The van der Waals surface area contributed by atoms with Crippen molar-refractivity contribution in [2.45, 2.75) is 33.2 Å². The van der Waals surface area contributed by atoms with Crippen molar-refractivity contribution in [2.24, 2.45) is 10.9 Å². The number of rotatable bonds is 5. The van der Waals surface area contributed by atoms with Gasteiger partial charge in [-0.25, -0.2) is 0 Å². The average molecular weight is 269 g/mol. The summed E-state index contributed by atoms with van der Waals surface area (Å²) in [5.74, 6) is -0.0323. The van der Waals surface area contributed by atoms with E-state index in [4.69, 9.17) is 10.9 Å². The Morgan fingerprint density at radius 2 is 2.28 bits per heavy atom. The third-order valence-corrected chi connectivity index (χ3v) is 3.61. The normalized spacial score (nSPS) is 11.9. The van der Waals surface area contributed by atoms with Gasteiger partial charge in [-0.1, -0.05) is 12.1 Å². The second-order valence-corrected chi connectivity index (χ2v) is 5.16. The highest BCUT2D eigenvalue weighted by Crippen LogP contribution is 2.20. The molecule has 0 aliphatic rings. The molecular weight excluding hydrogens is 250 g/mol. The maximum atomic E-state index is 12.4. The van der Waals surface area contributed by atoms with E-state index < -0.39 is 0 Å². The van der Waals surface area contributed by atoms with Crippen LogP contribution in [0.4, 0.5) is 0 Å². The minimum absolute atomic E-state index is 0.00962. The number of nitrogens with two attached hydrogens (primary N) is 1. The Kier molecular flexibility index (Phi) is 5.15. The molecule has 1 amide bonds. The lowest BCUT2D eigenvalue weighted by molar-refractivity contribution is 0.0738. The molecule has 18 heavy (non-hydrogen) atoms. The average Bonchev–Trinajstić information content (AvgIpc) is 2.82. The standard InChI is InChI=1S/C12H19N3O2S/c1-4-9-5-6-18-11(9)12(16)15(8(2)3)7-10(13)14-17/h5-6,8,17H,4,7H2,1-3H3,(H2,13,14). The molecule has 0 saturated heterocycles. The highest BCUT2D eigenvalue weighted by molar-refractivity contribution is 7.12. The first-order valence-electron chi connectivity index (χ1n) is 5.85. The Bertz CT molecular complexity index is 440. The van der Waals surface area contributed by atoms with Gasteiger partial charge in [0, 0.05) is 6.04 Å². The number of carbonyl (C=O) groups is 1. The zero-order valence-electron chi connectivity index (χ0n) is 10.9. The summed E-state index contributed by atoms with van der Waals surface area (Å²) in [4.78, 5) is 14.8. The number of aryl methyl sites for hydroxylation is 1. The molecule has 0 atom stereocenters. The van der Waals surface area contributed by atoms with E-state index in [1.165, 1.54) is 11.3 Å². The number of amidine groups is 1. The Morgan fingerprint density at radius 3 is 2.78 bits per heavy atom. The molecule has 1 aromatic rings. The first-order chi connectivity index (χ1) is 8.51. The molecular formula is C12H19N3O2S. The van der Waals surface area contributed by atoms with E-state index in [2.05, 4.69) is 5.16 Å². The molecule has 0 fully saturated rings. The fraction of sp³-hybridized carbons (Fsp3) is 0.500. The summed E-state index contributed by atoms with van der Waals surface area (Å²) in [6.45, 7) is 5.96. The number of amides is 1. The van der Waals surface area contributed by atoms with Gasteiger partial charge in [0.1, 0.15) is 0 Å². The molecule has 1 rings (SSSR count).